The fourth-order valence-corrected chi connectivity index (χ4v) is 7.29. The third-order valence-electron chi connectivity index (χ3n) is 9.86. The summed E-state index contributed by atoms with van der Waals surface area (Å²) in [5.41, 5.74) is -2.95. The first kappa shape index (κ1) is 28.6. The van der Waals surface area contributed by atoms with Gasteiger partial charge in [-0.3, -0.25) is 9.59 Å². The van der Waals surface area contributed by atoms with E-state index in [1.165, 1.54) is 24.3 Å². The maximum Gasteiger partial charge on any atom is 0.426 e. The van der Waals surface area contributed by atoms with Gasteiger partial charge in [-0.25, -0.2) is 8.78 Å². The maximum absolute atomic E-state index is 14.9. The number of halogens is 5. The summed E-state index contributed by atoms with van der Waals surface area (Å²) >= 11 is 0. The van der Waals surface area contributed by atoms with Crippen molar-refractivity contribution in [1.82, 2.24) is 4.90 Å². The second-order valence-corrected chi connectivity index (χ2v) is 12.3. The molecule has 0 bridgehead atoms. The summed E-state index contributed by atoms with van der Waals surface area (Å²) in [4.78, 5) is 27.4. The van der Waals surface area contributed by atoms with Crippen LogP contribution >= 0.6 is 0 Å². The normalized spacial score (nSPS) is 29.8. The van der Waals surface area contributed by atoms with Gasteiger partial charge in [-0.05, 0) is 92.7 Å². The van der Waals surface area contributed by atoms with Crippen LogP contribution in [0, 0.1) is 17.2 Å². The van der Waals surface area contributed by atoms with Crippen LogP contribution in [-0.2, 0) is 33.5 Å². The van der Waals surface area contributed by atoms with Crippen molar-refractivity contribution < 1.29 is 36.6 Å². The summed E-state index contributed by atoms with van der Waals surface area (Å²) < 4.78 is 69.1. The second kappa shape index (κ2) is 9.84. The largest absolute Gasteiger partial charge is 0.481 e. The molecule has 1 saturated heterocycles. The van der Waals surface area contributed by atoms with Crippen LogP contribution in [0.25, 0.3) is 0 Å². The van der Waals surface area contributed by atoms with Gasteiger partial charge in [0.05, 0.1) is 5.92 Å². The van der Waals surface area contributed by atoms with E-state index in [1.54, 1.807) is 18.2 Å². The fourth-order valence-electron chi connectivity index (χ4n) is 7.29. The Kier molecular flexibility index (Phi) is 7.02. The molecule has 0 radical (unpaired) electrons. The number of nitrogens with zero attached hydrogens (tertiary/aromatic N) is 1. The molecule has 2 fully saturated rings. The first-order chi connectivity index (χ1) is 18.7. The number of carboxylic acid groups (broad SMARTS) is 1. The van der Waals surface area contributed by atoms with Crippen LogP contribution in [0.4, 0.5) is 22.0 Å². The summed E-state index contributed by atoms with van der Waals surface area (Å²) in [6, 6.07) is 9.99. The number of alkyl halides is 4. The van der Waals surface area contributed by atoms with Gasteiger partial charge in [0, 0.05) is 23.4 Å². The lowest BCUT2D eigenvalue weighted by atomic mass is 9.63. The molecule has 3 aliphatic rings. The Bertz CT molecular complexity index is 1300. The number of amides is 1. The highest BCUT2D eigenvalue weighted by atomic mass is 19.4. The quantitative estimate of drug-likeness (QED) is 0.404. The molecule has 0 spiro atoms. The lowest BCUT2D eigenvalue weighted by molar-refractivity contribution is -0.228. The number of hydrogen-bond acceptors (Lipinski definition) is 2. The first-order valence-electron chi connectivity index (χ1n) is 13.9. The fraction of sp³-hybridized carbons (Fsp3) is 0.548. The summed E-state index contributed by atoms with van der Waals surface area (Å²) in [5, 5.41) is 9.41. The van der Waals surface area contributed by atoms with Gasteiger partial charge in [-0.1, -0.05) is 37.3 Å². The van der Waals surface area contributed by atoms with Gasteiger partial charge in [0.2, 0.25) is 11.6 Å². The predicted molar refractivity (Wildman–Crippen MR) is 139 cm³/mol. The molecule has 1 N–H and O–H groups in total. The van der Waals surface area contributed by atoms with E-state index in [0.29, 0.717) is 70.4 Å². The number of rotatable bonds is 5. The van der Waals surface area contributed by atoms with Gasteiger partial charge in [0.15, 0.2) is 0 Å². The minimum absolute atomic E-state index is 0.0178. The zero-order valence-electron chi connectivity index (χ0n) is 22.7. The van der Waals surface area contributed by atoms with Gasteiger partial charge in [0.1, 0.15) is 5.82 Å². The Hall–Kier alpha value is -2.97. The van der Waals surface area contributed by atoms with Gasteiger partial charge >= 0.3 is 12.1 Å². The lowest BCUT2D eigenvalue weighted by Crippen LogP contribution is -2.53. The van der Waals surface area contributed by atoms with Crippen LogP contribution in [0.2, 0.25) is 0 Å². The smallest absolute Gasteiger partial charge is 0.426 e. The van der Waals surface area contributed by atoms with E-state index in [2.05, 4.69) is 0 Å². The van der Waals surface area contributed by atoms with E-state index in [9.17, 15) is 36.6 Å². The molecule has 40 heavy (non-hydrogen) atoms. The second-order valence-electron chi connectivity index (χ2n) is 12.3. The number of carboxylic acids is 1. The number of benzene rings is 2. The molecular weight excluding hydrogens is 529 g/mol. The van der Waals surface area contributed by atoms with Crippen molar-refractivity contribution in [2.24, 2.45) is 11.3 Å². The monoisotopic (exact) mass is 563 g/mol. The van der Waals surface area contributed by atoms with Crippen molar-refractivity contribution in [3.63, 3.8) is 0 Å². The van der Waals surface area contributed by atoms with E-state index in [1.807, 2.05) is 11.8 Å². The van der Waals surface area contributed by atoms with Crippen molar-refractivity contribution in [3.05, 3.63) is 70.5 Å². The molecule has 1 saturated carbocycles. The number of carbonyl (C=O) groups is 2. The molecule has 3 atom stereocenters. The average molecular weight is 564 g/mol. The average Bonchev–Trinajstić information content (AvgIpc) is 3.28. The number of fused-ring (bicyclic) bond motifs is 3. The maximum atomic E-state index is 14.9. The van der Waals surface area contributed by atoms with Gasteiger partial charge in [-0.2, -0.15) is 13.2 Å². The Morgan fingerprint density at radius 3 is 2.25 bits per heavy atom. The number of hydrogen-bond donors (Lipinski definition) is 1. The van der Waals surface area contributed by atoms with Crippen LogP contribution in [0.3, 0.4) is 0 Å². The van der Waals surface area contributed by atoms with Crippen molar-refractivity contribution in [2.45, 2.75) is 88.5 Å². The number of aliphatic carboxylic acids is 1. The van der Waals surface area contributed by atoms with Crippen LogP contribution in [-0.4, -0.2) is 40.6 Å². The van der Waals surface area contributed by atoms with Crippen LogP contribution in [0.15, 0.2) is 42.5 Å². The van der Waals surface area contributed by atoms with Crippen molar-refractivity contribution >= 4 is 11.9 Å². The van der Waals surface area contributed by atoms with Gasteiger partial charge < -0.3 is 10.0 Å². The Morgan fingerprint density at radius 1 is 1.00 bits per heavy atom. The first-order valence-corrected chi connectivity index (χ1v) is 13.9. The molecule has 9 heteroatoms. The van der Waals surface area contributed by atoms with E-state index in [4.69, 9.17) is 0 Å². The summed E-state index contributed by atoms with van der Waals surface area (Å²) in [6.07, 6.45) is -1.32. The molecule has 2 aromatic carbocycles. The SMILES string of the molecule is CC1(C(=O)N2CC[C@@]3(Cc4ccc(F)cc4)c4ccc(C(C)(F)C(F)(F)F)cc4CC[C@@H]23)CCC(C(=O)O)CC1. The molecule has 0 aromatic heterocycles. The number of aryl methyl sites for hydroxylation is 1. The minimum atomic E-state index is -5.06. The highest BCUT2D eigenvalue weighted by Crippen LogP contribution is 2.52. The molecule has 216 valence electrons. The Balaban J connectivity index is 1.52. The summed E-state index contributed by atoms with van der Waals surface area (Å²) in [6.45, 7) is 2.88. The van der Waals surface area contributed by atoms with Crippen LogP contribution in [0.5, 0.6) is 0 Å². The minimum Gasteiger partial charge on any atom is -0.481 e. The molecule has 1 aliphatic heterocycles. The molecule has 2 aliphatic carbocycles. The van der Waals surface area contributed by atoms with Crippen molar-refractivity contribution in [2.75, 3.05) is 6.54 Å². The van der Waals surface area contributed by atoms with E-state index >= 15 is 0 Å². The van der Waals surface area contributed by atoms with Crippen molar-refractivity contribution in [3.8, 4) is 0 Å². The van der Waals surface area contributed by atoms with E-state index < -0.39 is 40.1 Å². The molecular formula is C31H34F5NO3. The molecule has 1 amide bonds. The van der Waals surface area contributed by atoms with E-state index in [0.717, 1.165) is 11.1 Å². The highest BCUT2D eigenvalue weighted by molar-refractivity contribution is 5.84. The summed E-state index contributed by atoms with van der Waals surface area (Å²) in [7, 11) is 0. The van der Waals surface area contributed by atoms with Crippen molar-refractivity contribution in [1.29, 1.82) is 0 Å². The molecule has 4 nitrogen and oxygen atoms in total. The lowest BCUT2D eigenvalue weighted by Gasteiger charge is -2.46. The van der Waals surface area contributed by atoms with Crippen LogP contribution in [0.1, 0.15) is 74.6 Å². The predicted octanol–water partition coefficient (Wildman–Crippen LogP) is 6.88. The van der Waals surface area contributed by atoms with Crippen LogP contribution < -0.4 is 0 Å². The van der Waals surface area contributed by atoms with Gasteiger partial charge in [-0.15, -0.1) is 0 Å². The van der Waals surface area contributed by atoms with E-state index in [-0.39, 0.29) is 17.8 Å². The summed E-state index contributed by atoms with van der Waals surface area (Å²) in [5.74, 6) is -1.69. The molecule has 1 unspecified atom stereocenters. The Labute approximate surface area is 230 Å². The third-order valence-corrected chi connectivity index (χ3v) is 9.86. The molecule has 2 aromatic rings. The van der Waals surface area contributed by atoms with Gasteiger partial charge in [0.25, 0.3) is 0 Å². The zero-order valence-corrected chi connectivity index (χ0v) is 22.7. The topological polar surface area (TPSA) is 57.6 Å². The Morgan fingerprint density at radius 2 is 1.65 bits per heavy atom. The standard InChI is InChI=1S/C31H34F5NO3/c1-28(13-11-20(12-14-28)26(38)39)27(40)37-16-15-30(18-19-3-7-23(32)8-4-19)24-9-6-22(29(2,33)31(34,35)36)17-21(24)5-10-25(30)37/h3-4,6-9,17,20,25H,5,10-16,18H2,1-2H3,(H,38,39)/t20?,25-,28?,29?,30-/m1/s1. The number of carbonyl (C=O) groups excluding carboxylic acids is 1. The highest BCUT2D eigenvalue weighted by Gasteiger charge is 2.57. The number of likely N-dealkylation sites (tertiary alicyclic amines) is 1. The molecule has 5 rings (SSSR count). The molecule has 1 heterocycles. The zero-order chi connectivity index (χ0) is 29.1. The third kappa shape index (κ3) is 4.69.